The second-order valence-electron chi connectivity index (χ2n) is 4.87. The Morgan fingerprint density at radius 2 is 2.14 bits per heavy atom. The maximum absolute atomic E-state index is 13.8. The van der Waals surface area contributed by atoms with E-state index in [-0.39, 0.29) is 11.9 Å². The Hall–Kier alpha value is -1.98. The summed E-state index contributed by atoms with van der Waals surface area (Å²) in [4.78, 5) is 1.16. The Kier molecular flexibility index (Phi) is 4.13. The first kappa shape index (κ1) is 14.0. The average molecular weight is 301 g/mol. The minimum Gasteiger partial charge on any atom is -0.306 e. The molecule has 0 saturated heterocycles. The van der Waals surface area contributed by atoms with Gasteiger partial charge in [0.25, 0.3) is 0 Å². The molecular formula is C16H16FN3S. The summed E-state index contributed by atoms with van der Waals surface area (Å²) in [6.45, 7) is 2.60. The number of benzene rings is 1. The van der Waals surface area contributed by atoms with Gasteiger partial charge < -0.3 is 5.32 Å². The van der Waals surface area contributed by atoms with Crippen LogP contribution in [-0.2, 0) is 6.54 Å². The molecule has 3 rings (SSSR count). The van der Waals surface area contributed by atoms with Gasteiger partial charge in [-0.05, 0) is 24.4 Å². The van der Waals surface area contributed by atoms with E-state index in [4.69, 9.17) is 0 Å². The number of nitrogens with zero attached hydrogens (tertiary/aromatic N) is 1. The molecule has 0 amide bonds. The predicted molar refractivity (Wildman–Crippen MR) is 83.6 cm³/mol. The molecule has 108 valence electrons. The topological polar surface area (TPSA) is 40.7 Å². The van der Waals surface area contributed by atoms with Crippen molar-refractivity contribution in [1.82, 2.24) is 15.5 Å². The third-order valence-electron chi connectivity index (χ3n) is 3.46. The van der Waals surface area contributed by atoms with E-state index in [0.29, 0.717) is 12.1 Å². The van der Waals surface area contributed by atoms with Gasteiger partial charge in [0.2, 0.25) is 0 Å². The van der Waals surface area contributed by atoms with Gasteiger partial charge >= 0.3 is 0 Å². The highest BCUT2D eigenvalue weighted by Crippen LogP contribution is 2.26. The van der Waals surface area contributed by atoms with E-state index in [1.807, 2.05) is 36.7 Å². The molecule has 2 aromatic heterocycles. The number of aromatic amines is 1. The zero-order chi connectivity index (χ0) is 14.7. The van der Waals surface area contributed by atoms with Gasteiger partial charge in [-0.3, -0.25) is 5.10 Å². The molecule has 0 aliphatic rings. The van der Waals surface area contributed by atoms with Crippen molar-refractivity contribution < 1.29 is 4.39 Å². The molecular weight excluding hydrogens is 285 g/mol. The van der Waals surface area contributed by atoms with Gasteiger partial charge in [-0.2, -0.15) is 5.10 Å². The number of hydrogen-bond acceptors (Lipinski definition) is 3. The summed E-state index contributed by atoms with van der Waals surface area (Å²) >= 11 is 1.67. The van der Waals surface area contributed by atoms with Gasteiger partial charge in [0, 0.05) is 23.7 Å². The van der Waals surface area contributed by atoms with Crippen LogP contribution >= 0.6 is 11.3 Å². The van der Waals surface area contributed by atoms with Crippen molar-refractivity contribution in [3.63, 3.8) is 0 Å². The lowest BCUT2D eigenvalue weighted by molar-refractivity contribution is 0.528. The molecule has 1 atom stereocenters. The first-order chi connectivity index (χ1) is 10.3. The molecule has 21 heavy (non-hydrogen) atoms. The van der Waals surface area contributed by atoms with Crippen LogP contribution in [0.1, 0.15) is 24.1 Å². The fraction of sp³-hybridized carbons (Fsp3) is 0.188. The number of H-pyrrole nitrogens is 1. The van der Waals surface area contributed by atoms with Crippen molar-refractivity contribution in [3.8, 4) is 10.6 Å². The SMILES string of the molecule is CC(NCc1cn[nH]c1-c1cccs1)c1ccccc1F. The van der Waals surface area contributed by atoms with Crippen LogP contribution in [0.15, 0.2) is 48.0 Å². The van der Waals surface area contributed by atoms with Crippen molar-refractivity contribution in [1.29, 1.82) is 0 Å². The summed E-state index contributed by atoms with van der Waals surface area (Å²) in [5.74, 6) is -0.178. The van der Waals surface area contributed by atoms with Gasteiger partial charge in [0.1, 0.15) is 5.82 Å². The third kappa shape index (κ3) is 3.04. The van der Waals surface area contributed by atoms with Crippen LogP contribution < -0.4 is 5.32 Å². The van der Waals surface area contributed by atoms with Crippen molar-refractivity contribution in [3.05, 3.63) is 64.9 Å². The monoisotopic (exact) mass is 301 g/mol. The lowest BCUT2D eigenvalue weighted by atomic mass is 10.1. The zero-order valence-electron chi connectivity index (χ0n) is 11.6. The number of nitrogens with one attached hydrogen (secondary N) is 2. The fourth-order valence-corrected chi connectivity index (χ4v) is 3.03. The molecule has 3 nitrogen and oxygen atoms in total. The molecule has 0 aliphatic heterocycles. The summed E-state index contributed by atoms with van der Waals surface area (Å²) in [5.41, 5.74) is 2.79. The third-order valence-corrected chi connectivity index (χ3v) is 4.34. The Labute approximate surface area is 126 Å². The van der Waals surface area contributed by atoms with Crippen LogP contribution in [0.4, 0.5) is 4.39 Å². The molecule has 0 spiro atoms. The number of halogens is 1. The highest BCUT2D eigenvalue weighted by atomic mass is 32.1. The molecule has 5 heteroatoms. The van der Waals surface area contributed by atoms with Crippen LogP contribution in [0.2, 0.25) is 0 Å². The molecule has 1 unspecified atom stereocenters. The van der Waals surface area contributed by atoms with E-state index in [1.54, 1.807) is 17.4 Å². The Bertz CT molecular complexity index is 706. The Balaban J connectivity index is 1.72. The minimum atomic E-state index is -0.178. The molecule has 0 fully saturated rings. The van der Waals surface area contributed by atoms with E-state index in [2.05, 4.69) is 21.6 Å². The molecule has 0 radical (unpaired) electrons. The summed E-state index contributed by atoms with van der Waals surface area (Å²) in [6, 6.07) is 10.9. The Morgan fingerprint density at radius 3 is 2.90 bits per heavy atom. The minimum absolute atomic E-state index is 0.0581. The molecule has 2 N–H and O–H groups in total. The van der Waals surface area contributed by atoms with Gasteiger partial charge in [-0.15, -0.1) is 11.3 Å². The second kappa shape index (κ2) is 6.20. The molecule has 0 bridgehead atoms. The molecule has 1 aromatic carbocycles. The van der Waals surface area contributed by atoms with Gasteiger partial charge in [0.05, 0.1) is 16.8 Å². The van der Waals surface area contributed by atoms with E-state index < -0.39 is 0 Å². The largest absolute Gasteiger partial charge is 0.306 e. The van der Waals surface area contributed by atoms with E-state index in [9.17, 15) is 4.39 Å². The first-order valence-corrected chi connectivity index (χ1v) is 7.67. The lowest BCUT2D eigenvalue weighted by Gasteiger charge is -2.14. The van der Waals surface area contributed by atoms with Gasteiger partial charge in [0.15, 0.2) is 0 Å². The standard InChI is InChI=1S/C16H16FN3S/c1-11(13-5-2-3-6-14(13)17)18-9-12-10-19-20-16(12)15-7-4-8-21-15/h2-8,10-11,18H,9H2,1H3,(H,19,20). The van der Waals surface area contributed by atoms with Crippen LogP contribution in [0.5, 0.6) is 0 Å². The maximum Gasteiger partial charge on any atom is 0.127 e. The van der Waals surface area contributed by atoms with Crippen molar-refractivity contribution in [2.24, 2.45) is 0 Å². The number of hydrogen-bond donors (Lipinski definition) is 2. The predicted octanol–water partition coefficient (Wildman–Crippen LogP) is 4.13. The van der Waals surface area contributed by atoms with E-state index >= 15 is 0 Å². The van der Waals surface area contributed by atoms with Crippen LogP contribution in [0, 0.1) is 5.82 Å². The molecule has 2 heterocycles. The summed E-state index contributed by atoms with van der Waals surface area (Å²) in [5, 5.41) is 12.5. The van der Waals surface area contributed by atoms with Crippen LogP contribution in [0.3, 0.4) is 0 Å². The van der Waals surface area contributed by atoms with Crippen molar-refractivity contribution in [2.75, 3.05) is 0 Å². The normalized spacial score (nSPS) is 12.5. The van der Waals surface area contributed by atoms with E-state index in [0.717, 1.165) is 16.1 Å². The summed E-state index contributed by atoms with van der Waals surface area (Å²) < 4.78 is 13.8. The first-order valence-electron chi connectivity index (χ1n) is 6.79. The smallest absolute Gasteiger partial charge is 0.127 e. The van der Waals surface area contributed by atoms with E-state index in [1.165, 1.54) is 6.07 Å². The van der Waals surface area contributed by atoms with Gasteiger partial charge in [-0.1, -0.05) is 24.3 Å². The van der Waals surface area contributed by atoms with Crippen molar-refractivity contribution >= 4 is 11.3 Å². The average Bonchev–Trinajstić information content (AvgIpc) is 3.16. The summed E-state index contributed by atoms with van der Waals surface area (Å²) in [6.07, 6.45) is 1.82. The zero-order valence-corrected chi connectivity index (χ0v) is 12.5. The van der Waals surface area contributed by atoms with Crippen molar-refractivity contribution in [2.45, 2.75) is 19.5 Å². The Morgan fingerprint density at radius 1 is 1.29 bits per heavy atom. The number of thiophene rings is 1. The van der Waals surface area contributed by atoms with Gasteiger partial charge in [-0.25, -0.2) is 4.39 Å². The quantitative estimate of drug-likeness (QED) is 0.744. The second-order valence-corrected chi connectivity index (χ2v) is 5.82. The highest BCUT2D eigenvalue weighted by molar-refractivity contribution is 7.13. The molecule has 3 aromatic rings. The highest BCUT2D eigenvalue weighted by Gasteiger charge is 2.12. The maximum atomic E-state index is 13.8. The lowest BCUT2D eigenvalue weighted by Crippen LogP contribution is -2.19. The summed E-state index contributed by atoms with van der Waals surface area (Å²) in [7, 11) is 0. The molecule has 0 saturated carbocycles. The number of rotatable bonds is 5. The number of aromatic nitrogens is 2. The van der Waals surface area contributed by atoms with Crippen LogP contribution in [-0.4, -0.2) is 10.2 Å². The molecule has 0 aliphatic carbocycles. The van der Waals surface area contributed by atoms with Crippen LogP contribution in [0.25, 0.3) is 10.6 Å². The fourth-order valence-electron chi connectivity index (χ4n) is 2.28.